The van der Waals surface area contributed by atoms with E-state index >= 15 is 0 Å². The van der Waals surface area contributed by atoms with Crippen molar-refractivity contribution in [1.82, 2.24) is 10.3 Å². The summed E-state index contributed by atoms with van der Waals surface area (Å²) in [7, 11) is 0. The second-order valence-electron chi connectivity index (χ2n) is 5.06. The van der Waals surface area contributed by atoms with Crippen LogP contribution in [-0.4, -0.2) is 24.0 Å². The Labute approximate surface area is 146 Å². The number of nitrogens with zero attached hydrogens (tertiary/aromatic N) is 1. The molecular formula is C15H15ClF3N3OS. The van der Waals surface area contributed by atoms with E-state index in [1.807, 2.05) is 19.9 Å². The summed E-state index contributed by atoms with van der Waals surface area (Å²) in [5, 5.41) is 5.40. The molecule has 1 amide bonds. The van der Waals surface area contributed by atoms with Gasteiger partial charge in [0.25, 0.3) is 5.91 Å². The van der Waals surface area contributed by atoms with Crippen LogP contribution >= 0.6 is 22.9 Å². The van der Waals surface area contributed by atoms with Crippen molar-refractivity contribution >= 4 is 34.7 Å². The summed E-state index contributed by atoms with van der Waals surface area (Å²) in [4.78, 5) is 17.7. The summed E-state index contributed by atoms with van der Waals surface area (Å²) < 4.78 is 37.6. The van der Waals surface area contributed by atoms with Gasteiger partial charge < -0.3 is 10.6 Å². The molecule has 2 N–H and O–H groups in total. The minimum absolute atomic E-state index is 0.125. The van der Waals surface area contributed by atoms with Gasteiger partial charge in [-0.2, -0.15) is 13.2 Å². The van der Waals surface area contributed by atoms with Gasteiger partial charge in [0.05, 0.1) is 16.1 Å². The monoisotopic (exact) mass is 377 g/mol. The third-order valence-corrected chi connectivity index (χ3v) is 4.41. The molecular weight excluding hydrogens is 363 g/mol. The third-order valence-electron chi connectivity index (χ3n) is 3.16. The zero-order valence-electron chi connectivity index (χ0n) is 12.9. The Bertz CT molecular complexity index is 746. The van der Waals surface area contributed by atoms with Gasteiger partial charge in [0, 0.05) is 29.0 Å². The molecule has 0 unspecified atom stereocenters. The molecule has 130 valence electrons. The number of amides is 1. The SMILES string of the molecule is Cc1cc(C(=O)NCCNc2ncc(C(F)(F)F)cc2Cl)c(C)s1. The van der Waals surface area contributed by atoms with Crippen molar-refractivity contribution in [2.75, 3.05) is 18.4 Å². The predicted octanol–water partition coefficient (Wildman–Crippen LogP) is 4.27. The Morgan fingerprint density at radius 1 is 1.29 bits per heavy atom. The lowest BCUT2D eigenvalue weighted by atomic mass is 10.2. The number of carbonyl (C=O) groups is 1. The highest BCUT2D eigenvalue weighted by molar-refractivity contribution is 7.12. The highest BCUT2D eigenvalue weighted by Gasteiger charge is 2.31. The van der Waals surface area contributed by atoms with Crippen LogP contribution in [0.4, 0.5) is 19.0 Å². The number of halogens is 4. The van der Waals surface area contributed by atoms with E-state index in [-0.39, 0.29) is 29.8 Å². The third kappa shape index (κ3) is 4.61. The first-order valence-corrected chi connectivity index (χ1v) is 8.20. The fourth-order valence-corrected chi connectivity index (χ4v) is 3.19. The van der Waals surface area contributed by atoms with E-state index in [0.29, 0.717) is 11.8 Å². The van der Waals surface area contributed by atoms with E-state index in [1.165, 1.54) is 0 Å². The zero-order valence-corrected chi connectivity index (χ0v) is 14.5. The van der Waals surface area contributed by atoms with E-state index in [2.05, 4.69) is 15.6 Å². The Hall–Kier alpha value is -1.80. The summed E-state index contributed by atoms with van der Waals surface area (Å²) in [6, 6.07) is 2.63. The molecule has 0 aliphatic rings. The van der Waals surface area contributed by atoms with Gasteiger partial charge in [-0.25, -0.2) is 4.98 Å². The molecule has 4 nitrogen and oxygen atoms in total. The molecule has 0 aromatic carbocycles. The Morgan fingerprint density at radius 3 is 2.54 bits per heavy atom. The van der Waals surface area contributed by atoms with Gasteiger partial charge in [0.15, 0.2) is 0 Å². The van der Waals surface area contributed by atoms with Crippen LogP contribution < -0.4 is 10.6 Å². The number of pyridine rings is 1. The Morgan fingerprint density at radius 2 is 2.00 bits per heavy atom. The number of anilines is 1. The summed E-state index contributed by atoms with van der Waals surface area (Å²) in [6.45, 7) is 4.36. The van der Waals surface area contributed by atoms with Gasteiger partial charge in [0.2, 0.25) is 0 Å². The molecule has 24 heavy (non-hydrogen) atoms. The second kappa shape index (κ2) is 7.40. The number of thiophene rings is 1. The molecule has 9 heteroatoms. The van der Waals surface area contributed by atoms with E-state index in [0.717, 1.165) is 15.8 Å². The molecule has 2 rings (SSSR count). The molecule has 0 aliphatic heterocycles. The molecule has 0 atom stereocenters. The quantitative estimate of drug-likeness (QED) is 0.765. The summed E-state index contributed by atoms with van der Waals surface area (Å²) in [5.41, 5.74) is -0.280. The molecule has 0 fully saturated rings. The molecule has 2 aromatic heterocycles. The van der Waals surface area contributed by atoms with Crippen molar-refractivity contribution < 1.29 is 18.0 Å². The lowest BCUT2D eigenvalue weighted by Crippen LogP contribution is -2.29. The average Bonchev–Trinajstić information content (AvgIpc) is 2.82. The van der Waals surface area contributed by atoms with Gasteiger partial charge in [-0.3, -0.25) is 4.79 Å². The molecule has 0 bridgehead atoms. The summed E-state index contributed by atoms with van der Waals surface area (Å²) in [5.74, 6) is -0.0494. The number of nitrogens with one attached hydrogen (secondary N) is 2. The van der Waals surface area contributed by atoms with E-state index in [1.54, 1.807) is 11.3 Å². The molecule has 0 aliphatic carbocycles. The Balaban J connectivity index is 1.86. The van der Waals surface area contributed by atoms with Crippen LogP contribution in [0.1, 0.15) is 25.7 Å². The summed E-state index contributed by atoms with van der Waals surface area (Å²) in [6.07, 6.45) is -3.77. The van der Waals surface area contributed by atoms with Gasteiger partial charge >= 0.3 is 6.18 Å². The first-order chi connectivity index (χ1) is 11.2. The van der Waals surface area contributed by atoms with Crippen LogP contribution in [0.15, 0.2) is 18.3 Å². The van der Waals surface area contributed by atoms with Crippen molar-refractivity contribution in [2.45, 2.75) is 20.0 Å². The van der Waals surface area contributed by atoms with Crippen molar-refractivity contribution in [3.05, 3.63) is 44.2 Å². The van der Waals surface area contributed by atoms with Crippen LogP contribution in [0.5, 0.6) is 0 Å². The first kappa shape index (κ1) is 18.5. The highest BCUT2D eigenvalue weighted by Crippen LogP contribution is 2.32. The van der Waals surface area contributed by atoms with Crippen molar-refractivity contribution in [2.24, 2.45) is 0 Å². The minimum atomic E-state index is -4.49. The van der Waals surface area contributed by atoms with Crippen molar-refractivity contribution in [3.63, 3.8) is 0 Å². The summed E-state index contributed by atoms with van der Waals surface area (Å²) >= 11 is 7.33. The molecule has 2 aromatic rings. The van der Waals surface area contributed by atoms with E-state index in [9.17, 15) is 18.0 Å². The predicted molar refractivity (Wildman–Crippen MR) is 88.9 cm³/mol. The number of alkyl halides is 3. The maximum atomic E-state index is 12.5. The number of hydrogen-bond acceptors (Lipinski definition) is 4. The van der Waals surface area contributed by atoms with Gasteiger partial charge in [-0.1, -0.05) is 11.6 Å². The van der Waals surface area contributed by atoms with Gasteiger partial charge in [0.1, 0.15) is 5.82 Å². The van der Waals surface area contributed by atoms with E-state index < -0.39 is 11.7 Å². The topological polar surface area (TPSA) is 54.0 Å². The lowest BCUT2D eigenvalue weighted by Gasteiger charge is -2.11. The van der Waals surface area contributed by atoms with Crippen LogP contribution in [0.2, 0.25) is 5.02 Å². The van der Waals surface area contributed by atoms with Crippen LogP contribution in [0.3, 0.4) is 0 Å². The van der Waals surface area contributed by atoms with Crippen molar-refractivity contribution in [3.8, 4) is 0 Å². The Kier molecular flexibility index (Phi) is 5.71. The van der Waals surface area contributed by atoms with Crippen LogP contribution in [-0.2, 0) is 6.18 Å². The zero-order chi connectivity index (χ0) is 17.9. The van der Waals surface area contributed by atoms with Crippen molar-refractivity contribution in [1.29, 1.82) is 0 Å². The molecule has 0 spiro atoms. The standard InChI is InChI=1S/C15H15ClF3N3OS/c1-8-5-11(9(2)24-8)14(23)21-4-3-20-13-12(16)6-10(7-22-13)15(17,18)19/h5-7H,3-4H2,1-2H3,(H,20,22)(H,21,23). The van der Waals surface area contributed by atoms with Crippen LogP contribution in [0.25, 0.3) is 0 Å². The molecule has 0 saturated heterocycles. The molecule has 0 radical (unpaired) electrons. The number of aromatic nitrogens is 1. The second-order valence-corrected chi connectivity index (χ2v) is 6.93. The average molecular weight is 378 g/mol. The maximum Gasteiger partial charge on any atom is 0.417 e. The normalized spacial score (nSPS) is 11.4. The fourth-order valence-electron chi connectivity index (χ4n) is 2.03. The van der Waals surface area contributed by atoms with Crippen LogP contribution in [0, 0.1) is 13.8 Å². The fraction of sp³-hybridized carbons (Fsp3) is 0.333. The number of hydrogen-bond donors (Lipinski definition) is 2. The number of carbonyl (C=O) groups excluding carboxylic acids is 1. The molecule has 0 saturated carbocycles. The maximum absolute atomic E-state index is 12.5. The van der Waals surface area contributed by atoms with Gasteiger partial charge in [-0.15, -0.1) is 11.3 Å². The highest BCUT2D eigenvalue weighted by atomic mass is 35.5. The number of rotatable bonds is 5. The number of aryl methyl sites for hydroxylation is 2. The smallest absolute Gasteiger partial charge is 0.367 e. The van der Waals surface area contributed by atoms with Gasteiger partial charge in [-0.05, 0) is 26.0 Å². The minimum Gasteiger partial charge on any atom is -0.367 e. The molecule has 2 heterocycles. The largest absolute Gasteiger partial charge is 0.417 e. The lowest BCUT2D eigenvalue weighted by molar-refractivity contribution is -0.137. The van der Waals surface area contributed by atoms with E-state index in [4.69, 9.17) is 11.6 Å². The first-order valence-electron chi connectivity index (χ1n) is 7.00.